The van der Waals surface area contributed by atoms with Gasteiger partial charge in [0.2, 0.25) is 0 Å². The molecule has 0 spiro atoms. The van der Waals surface area contributed by atoms with Crippen LogP contribution in [0.15, 0.2) is 85.1 Å². The predicted octanol–water partition coefficient (Wildman–Crippen LogP) is 4.45. The summed E-state index contributed by atoms with van der Waals surface area (Å²) in [7, 11) is 0. The molecule has 25 heavy (non-hydrogen) atoms. The number of aromatic nitrogens is 3. The van der Waals surface area contributed by atoms with Crippen LogP contribution >= 0.6 is 0 Å². The quantitative estimate of drug-likeness (QED) is 0.604. The third-order valence-electron chi connectivity index (χ3n) is 3.91. The molecule has 0 saturated heterocycles. The zero-order valence-corrected chi connectivity index (χ0v) is 13.5. The van der Waals surface area contributed by atoms with E-state index in [4.69, 9.17) is 15.7 Å². The van der Waals surface area contributed by atoms with E-state index in [1.54, 1.807) is 12.3 Å². The van der Waals surface area contributed by atoms with Crippen molar-refractivity contribution >= 4 is 5.82 Å². The van der Waals surface area contributed by atoms with Gasteiger partial charge in [0.25, 0.3) is 0 Å². The summed E-state index contributed by atoms with van der Waals surface area (Å²) in [4.78, 5) is 13.6. The second-order valence-electron chi connectivity index (χ2n) is 5.67. The summed E-state index contributed by atoms with van der Waals surface area (Å²) < 4.78 is 0. The van der Waals surface area contributed by atoms with Crippen molar-refractivity contribution in [3.63, 3.8) is 0 Å². The normalized spacial score (nSPS) is 10.6. The third-order valence-corrected chi connectivity index (χ3v) is 3.91. The second kappa shape index (κ2) is 6.53. The Hall–Kier alpha value is -3.53. The molecule has 2 aromatic carbocycles. The first kappa shape index (κ1) is 15.0. The minimum atomic E-state index is 0.478. The van der Waals surface area contributed by atoms with Crippen LogP contribution in [-0.4, -0.2) is 15.0 Å². The van der Waals surface area contributed by atoms with E-state index in [1.165, 1.54) is 0 Å². The first-order valence-corrected chi connectivity index (χ1v) is 8.01. The molecule has 4 nitrogen and oxygen atoms in total. The molecule has 0 aliphatic heterocycles. The number of rotatable bonds is 3. The molecule has 4 aromatic rings. The van der Waals surface area contributed by atoms with Gasteiger partial charge in [-0.2, -0.15) is 0 Å². The molecule has 4 rings (SSSR count). The van der Waals surface area contributed by atoms with Crippen molar-refractivity contribution in [2.24, 2.45) is 0 Å². The summed E-state index contributed by atoms with van der Waals surface area (Å²) in [5.41, 5.74) is 10.4. The highest BCUT2D eigenvalue weighted by Crippen LogP contribution is 2.27. The van der Waals surface area contributed by atoms with Crippen molar-refractivity contribution in [3.05, 3.63) is 85.1 Å². The smallest absolute Gasteiger partial charge is 0.161 e. The van der Waals surface area contributed by atoms with Crippen LogP contribution in [0.1, 0.15) is 0 Å². The minimum Gasteiger partial charge on any atom is -0.384 e. The Balaban J connectivity index is 1.90. The van der Waals surface area contributed by atoms with Crippen molar-refractivity contribution in [2.75, 3.05) is 5.73 Å². The molecule has 2 heterocycles. The number of nitrogens with zero attached hydrogens (tertiary/aromatic N) is 3. The molecule has 0 amide bonds. The molecule has 120 valence electrons. The predicted molar refractivity (Wildman–Crippen MR) is 101 cm³/mol. The van der Waals surface area contributed by atoms with Crippen LogP contribution in [0.5, 0.6) is 0 Å². The van der Waals surface area contributed by atoms with Crippen molar-refractivity contribution in [1.82, 2.24) is 15.0 Å². The van der Waals surface area contributed by atoms with Gasteiger partial charge in [0.05, 0.1) is 11.4 Å². The highest BCUT2D eigenvalue weighted by atomic mass is 14.9. The number of pyridine rings is 1. The second-order valence-corrected chi connectivity index (χ2v) is 5.67. The summed E-state index contributed by atoms with van der Waals surface area (Å²) in [6.45, 7) is 0. The highest BCUT2D eigenvalue weighted by Gasteiger charge is 2.10. The number of hydrogen-bond donors (Lipinski definition) is 1. The number of hydrogen-bond acceptors (Lipinski definition) is 4. The molecular formula is C21H16N4. The highest BCUT2D eigenvalue weighted by molar-refractivity contribution is 5.71. The van der Waals surface area contributed by atoms with E-state index >= 15 is 0 Å². The zero-order valence-electron chi connectivity index (χ0n) is 13.5. The number of nitrogens with two attached hydrogens (primary N) is 1. The Labute approximate surface area is 146 Å². The molecule has 2 aromatic heterocycles. The molecule has 4 heteroatoms. The summed E-state index contributed by atoms with van der Waals surface area (Å²) >= 11 is 0. The maximum atomic E-state index is 5.69. The van der Waals surface area contributed by atoms with Gasteiger partial charge in [-0.15, -0.1) is 0 Å². The van der Waals surface area contributed by atoms with Crippen LogP contribution < -0.4 is 5.73 Å². The summed E-state index contributed by atoms with van der Waals surface area (Å²) in [6, 6.07) is 25.8. The molecular weight excluding hydrogens is 308 g/mol. The van der Waals surface area contributed by atoms with Crippen LogP contribution in [0.4, 0.5) is 5.82 Å². The molecule has 0 aliphatic carbocycles. The van der Waals surface area contributed by atoms with E-state index in [1.807, 2.05) is 72.8 Å². The van der Waals surface area contributed by atoms with Gasteiger partial charge >= 0.3 is 0 Å². The van der Waals surface area contributed by atoms with Gasteiger partial charge in [-0.1, -0.05) is 60.7 Å². The molecule has 2 N–H and O–H groups in total. The van der Waals surface area contributed by atoms with Crippen LogP contribution in [-0.2, 0) is 0 Å². The first-order valence-electron chi connectivity index (χ1n) is 8.01. The van der Waals surface area contributed by atoms with Crippen molar-refractivity contribution in [2.45, 2.75) is 0 Å². The van der Waals surface area contributed by atoms with Gasteiger partial charge in [-0.3, -0.25) is 0 Å². The Morgan fingerprint density at radius 2 is 1.16 bits per heavy atom. The Bertz CT molecular complexity index is 924. The average molecular weight is 324 g/mol. The zero-order chi connectivity index (χ0) is 17.1. The molecule has 0 fully saturated rings. The van der Waals surface area contributed by atoms with E-state index in [9.17, 15) is 0 Å². The van der Waals surface area contributed by atoms with Crippen LogP contribution in [0.25, 0.3) is 33.9 Å². The maximum Gasteiger partial charge on any atom is 0.161 e. The lowest BCUT2D eigenvalue weighted by atomic mass is 10.1. The van der Waals surface area contributed by atoms with Gasteiger partial charge < -0.3 is 5.73 Å². The molecule has 0 saturated carbocycles. The maximum absolute atomic E-state index is 5.69. The van der Waals surface area contributed by atoms with E-state index in [2.05, 4.69) is 4.98 Å². The monoisotopic (exact) mass is 324 g/mol. The van der Waals surface area contributed by atoms with Gasteiger partial charge in [-0.25, -0.2) is 15.0 Å². The molecule has 0 radical (unpaired) electrons. The van der Waals surface area contributed by atoms with Gasteiger partial charge in [0.15, 0.2) is 5.82 Å². The lowest BCUT2D eigenvalue weighted by Gasteiger charge is -2.09. The largest absolute Gasteiger partial charge is 0.384 e. The van der Waals surface area contributed by atoms with E-state index in [0.717, 1.165) is 28.1 Å². The molecule has 0 bridgehead atoms. The summed E-state index contributed by atoms with van der Waals surface area (Å²) in [6.07, 6.45) is 1.70. The average Bonchev–Trinajstić information content (AvgIpc) is 2.69. The minimum absolute atomic E-state index is 0.478. The lowest BCUT2D eigenvalue weighted by Crippen LogP contribution is -1.97. The SMILES string of the molecule is Nc1ccc(-c2nc(-c3ccccc3)cc(-c3ccccc3)n2)cn1. The van der Waals surface area contributed by atoms with E-state index < -0.39 is 0 Å². The van der Waals surface area contributed by atoms with Crippen LogP contribution in [0.2, 0.25) is 0 Å². The van der Waals surface area contributed by atoms with Gasteiger partial charge in [0, 0.05) is 22.9 Å². The molecule has 0 aliphatic rings. The van der Waals surface area contributed by atoms with Crippen molar-refractivity contribution < 1.29 is 0 Å². The number of nitrogen functional groups attached to an aromatic ring is 1. The fourth-order valence-electron chi connectivity index (χ4n) is 2.63. The molecule has 0 atom stereocenters. The lowest BCUT2D eigenvalue weighted by molar-refractivity contribution is 1.17. The Kier molecular flexibility index (Phi) is 3.92. The fourth-order valence-corrected chi connectivity index (χ4v) is 2.63. The van der Waals surface area contributed by atoms with Crippen LogP contribution in [0.3, 0.4) is 0 Å². The standard InChI is InChI=1S/C21H16N4/c22-20-12-11-17(14-23-20)21-24-18(15-7-3-1-4-8-15)13-19(25-21)16-9-5-2-6-10-16/h1-14H,(H2,22,23). The van der Waals surface area contributed by atoms with Crippen molar-refractivity contribution in [1.29, 1.82) is 0 Å². The molecule has 0 unspecified atom stereocenters. The van der Waals surface area contributed by atoms with Gasteiger partial charge in [-0.05, 0) is 18.2 Å². The van der Waals surface area contributed by atoms with E-state index in [0.29, 0.717) is 11.6 Å². The van der Waals surface area contributed by atoms with Crippen LogP contribution in [0, 0.1) is 0 Å². The topological polar surface area (TPSA) is 64.7 Å². The third kappa shape index (κ3) is 3.23. The fraction of sp³-hybridized carbons (Fsp3) is 0. The number of anilines is 1. The Morgan fingerprint density at radius 3 is 1.64 bits per heavy atom. The van der Waals surface area contributed by atoms with E-state index in [-0.39, 0.29) is 0 Å². The van der Waals surface area contributed by atoms with Gasteiger partial charge in [0.1, 0.15) is 5.82 Å². The Morgan fingerprint density at radius 1 is 0.600 bits per heavy atom. The summed E-state index contributed by atoms with van der Waals surface area (Å²) in [5.74, 6) is 1.11. The summed E-state index contributed by atoms with van der Waals surface area (Å²) in [5, 5.41) is 0. The first-order chi connectivity index (χ1) is 12.3. The van der Waals surface area contributed by atoms with Crippen molar-refractivity contribution in [3.8, 4) is 33.9 Å². The number of benzene rings is 2.